The summed E-state index contributed by atoms with van der Waals surface area (Å²) in [6, 6.07) is 24.6. The second kappa shape index (κ2) is 10.4. The number of ether oxygens (including phenoxy) is 2. The highest BCUT2D eigenvalue weighted by Gasteiger charge is 2.21. The molecule has 6 nitrogen and oxygen atoms in total. The number of hydrogen-bond donors (Lipinski definition) is 2. The minimum Gasteiger partial charge on any atom is -0.495 e. The zero-order chi connectivity index (χ0) is 24.2. The molecule has 2 heterocycles. The van der Waals surface area contributed by atoms with E-state index in [-0.39, 0.29) is 6.61 Å². The number of hydrogen-bond acceptors (Lipinski definition) is 5. The Morgan fingerprint density at radius 2 is 1.63 bits per heavy atom. The van der Waals surface area contributed by atoms with Crippen molar-refractivity contribution >= 4 is 16.6 Å². The van der Waals surface area contributed by atoms with Crippen LogP contribution in [0.5, 0.6) is 11.5 Å². The number of benzene rings is 3. The molecule has 182 valence electrons. The molecule has 1 saturated heterocycles. The largest absolute Gasteiger partial charge is 0.495 e. The average molecular weight is 472 g/mol. The Bertz CT molecular complexity index is 1260. The highest BCUT2D eigenvalue weighted by molar-refractivity contribution is 5.90. The van der Waals surface area contributed by atoms with Crippen LogP contribution in [0.2, 0.25) is 0 Å². The summed E-state index contributed by atoms with van der Waals surface area (Å²) in [4.78, 5) is 8.15. The van der Waals surface area contributed by atoms with Gasteiger partial charge in [0.1, 0.15) is 24.2 Å². The number of aliphatic hydroxyl groups is 1. The van der Waals surface area contributed by atoms with E-state index in [2.05, 4.69) is 58.1 Å². The lowest BCUT2D eigenvalue weighted by molar-refractivity contribution is 0.0663. The molecular weight excluding hydrogens is 438 g/mol. The van der Waals surface area contributed by atoms with Crippen LogP contribution in [-0.4, -0.2) is 67.5 Å². The zero-order valence-corrected chi connectivity index (χ0v) is 20.4. The van der Waals surface area contributed by atoms with Gasteiger partial charge in [0, 0.05) is 49.3 Å². The van der Waals surface area contributed by atoms with Gasteiger partial charge in [-0.2, -0.15) is 0 Å². The fourth-order valence-electron chi connectivity index (χ4n) is 4.89. The Morgan fingerprint density at radius 3 is 2.37 bits per heavy atom. The van der Waals surface area contributed by atoms with Crippen molar-refractivity contribution < 1.29 is 14.6 Å². The van der Waals surface area contributed by atoms with Crippen LogP contribution in [0.1, 0.15) is 5.56 Å². The van der Waals surface area contributed by atoms with Crippen molar-refractivity contribution in [2.24, 2.45) is 0 Å². The molecule has 1 aliphatic rings. The molecule has 1 atom stereocenters. The van der Waals surface area contributed by atoms with Crippen LogP contribution in [-0.2, 0) is 0 Å². The molecule has 4 aromatic rings. The van der Waals surface area contributed by atoms with E-state index >= 15 is 0 Å². The number of aliphatic hydroxyl groups excluding tert-OH is 1. The highest BCUT2D eigenvalue weighted by Crippen LogP contribution is 2.31. The van der Waals surface area contributed by atoms with Gasteiger partial charge in [-0.25, -0.2) is 0 Å². The van der Waals surface area contributed by atoms with Gasteiger partial charge in [0.05, 0.1) is 12.8 Å². The molecule has 1 aliphatic heterocycles. The quantitative estimate of drug-likeness (QED) is 0.390. The number of aromatic amines is 1. The van der Waals surface area contributed by atoms with E-state index in [0.29, 0.717) is 6.54 Å². The van der Waals surface area contributed by atoms with Crippen LogP contribution in [0.3, 0.4) is 0 Å². The summed E-state index contributed by atoms with van der Waals surface area (Å²) in [6.45, 7) is 6.63. The second-order valence-corrected chi connectivity index (χ2v) is 9.12. The maximum absolute atomic E-state index is 10.6. The van der Waals surface area contributed by atoms with Crippen LogP contribution in [0, 0.1) is 6.92 Å². The molecule has 35 heavy (non-hydrogen) atoms. The van der Waals surface area contributed by atoms with Crippen molar-refractivity contribution in [2.75, 3.05) is 51.3 Å². The number of aromatic nitrogens is 1. The number of piperazine rings is 1. The van der Waals surface area contributed by atoms with Crippen LogP contribution in [0.15, 0.2) is 72.8 Å². The number of H-pyrrole nitrogens is 1. The number of fused-ring (bicyclic) bond motifs is 1. The maximum Gasteiger partial charge on any atom is 0.142 e. The summed E-state index contributed by atoms with van der Waals surface area (Å²) >= 11 is 0. The van der Waals surface area contributed by atoms with E-state index < -0.39 is 6.10 Å². The van der Waals surface area contributed by atoms with Crippen LogP contribution >= 0.6 is 0 Å². The number of nitrogens with one attached hydrogen (secondary N) is 1. The van der Waals surface area contributed by atoms with Gasteiger partial charge in [-0.05, 0) is 60.5 Å². The number of nitrogens with zero attached hydrogens (tertiary/aromatic N) is 2. The minimum atomic E-state index is -0.538. The predicted octanol–water partition coefficient (Wildman–Crippen LogP) is 4.71. The van der Waals surface area contributed by atoms with E-state index in [0.717, 1.165) is 60.1 Å². The molecule has 0 spiro atoms. The van der Waals surface area contributed by atoms with Crippen molar-refractivity contribution in [3.63, 3.8) is 0 Å². The number of methoxy groups -OCH3 is 1. The Kier molecular flexibility index (Phi) is 6.93. The van der Waals surface area contributed by atoms with Gasteiger partial charge in [0.2, 0.25) is 0 Å². The van der Waals surface area contributed by atoms with Gasteiger partial charge in [-0.3, -0.25) is 4.90 Å². The lowest BCUT2D eigenvalue weighted by Gasteiger charge is -2.37. The Balaban J connectivity index is 1.11. The lowest BCUT2D eigenvalue weighted by atomic mass is 10.1. The molecule has 0 bridgehead atoms. The first-order valence-electron chi connectivity index (χ1n) is 12.2. The van der Waals surface area contributed by atoms with E-state index in [9.17, 15) is 5.11 Å². The molecule has 0 radical (unpaired) electrons. The normalized spacial score (nSPS) is 15.3. The molecule has 0 amide bonds. The third kappa shape index (κ3) is 5.14. The molecule has 0 aliphatic carbocycles. The van der Waals surface area contributed by atoms with Gasteiger partial charge in [-0.1, -0.05) is 30.3 Å². The zero-order valence-electron chi connectivity index (χ0n) is 20.4. The summed E-state index contributed by atoms with van der Waals surface area (Å²) in [5.41, 5.74) is 5.77. The van der Waals surface area contributed by atoms with Crippen LogP contribution in [0.25, 0.3) is 22.2 Å². The Morgan fingerprint density at radius 1 is 0.914 bits per heavy atom. The number of rotatable bonds is 8. The summed E-state index contributed by atoms with van der Waals surface area (Å²) in [5, 5.41) is 11.8. The van der Waals surface area contributed by atoms with Gasteiger partial charge in [0.25, 0.3) is 0 Å². The number of para-hydroxylation sites is 3. The topological polar surface area (TPSA) is 61.0 Å². The van der Waals surface area contributed by atoms with Crippen molar-refractivity contribution in [1.82, 2.24) is 9.88 Å². The second-order valence-electron chi connectivity index (χ2n) is 9.12. The number of β-amino-alcohol motifs (C(OH)–C–C–N with tert-alkyl or cyclic N) is 1. The van der Waals surface area contributed by atoms with E-state index in [1.165, 1.54) is 10.9 Å². The summed E-state index contributed by atoms with van der Waals surface area (Å²) in [7, 11) is 1.71. The molecule has 5 rings (SSSR count). The fourth-order valence-corrected chi connectivity index (χ4v) is 4.89. The van der Waals surface area contributed by atoms with Gasteiger partial charge in [-0.15, -0.1) is 0 Å². The molecule has 0 saturated carbocycles. The van der Waals surface area contributed by atoms with Crippen molar-refractivity contribution in [3.8, 4) is 22.8 Å². The fraction of sp³-hybridized carbons (Fsp3) is 0.310. The first-order chi connectivity index (χ1) is 17.1. The molecular formula is C29H33N3O3. The third-order valence-corrected chi connectivity index (χ3v) is 6.82. The lowest BCUT2D eigenvalue weighted by Crippen LogP contribution is -2.49. The maximum atomic E-state index is 10.6. The highest BCUT2D eigenvalue weighted by atomic mass is 16.5. The number of aryl methyl sites for hydroxylation is 1. The molecule has 1 aromatic heterocycles. The smallest absolute Gasteiger partial charge is 0.142 e. The van der Waals surface area contributed by atoms with Crippen LogP contribution < -0.4 is 14.4 Å². The average Bonchev–Trinajstić information content (AvgIpc) is 3.24. The summed E-state index contributed by atoms with van der Waals surface area (Å²) < 4.78 is 11.4. The first-order valence-corrected chi connectivity index (χ1v) is 12.2. The van der Waals surface area contributed by atoms with Gasteiger partial charge in [0.15, 0.2) is 0 Å². The van der Waals surface area contributed by atoms with Crippen molar-refractivity contribution in [2.45, 2.75) is 13.0 Å². The van der Waals surface area contributed by atoms with Crippen molar-refractivity contribution in [3.05, 3.63) is 78.4 Å². The SMILES string of the molecule is COc1ccccc1N1CCN(CC(O)COc2ccc(-c3[nH]c4ccccc4c3C)cc2)CC1. The third-order valence-electron chi connectivity index (χ3n) is 6.82. The van der Waals surface area contributed by atoms with E-state index in [1.807, 2.05) is 36.4 Å². The minimum absolute atomic E-state index is 0.275. The van der Waals surface area contributed by atoms with E-state index in [1.54, 1.807) is 7.11 Å². The van der Waals surface area contributed by atoms with Gasteiger partial charge >= 0.3 is 0 Å². The van der Waals surface area contributed by atoms with Crippen molar-refractivity contribution in [1.29, 1.82) is 0 Å². The molecule has 1 unspecified atom stereocenters. The summed E-state index contributed by atoms with van der Waals surface area (Å²) in [6.07, 6.45) is -0.538. The van der Waals surface area contributed by atoms with Crippen LogP contribution in [0.4, 0.5) is 5.69 Å². The molecule has 6 heteroatoms. The molecule has 3 aromatic carbocycles. The van der Waals surface area contributed by atoms with Gasteiger partial charge < -0.3 is 24.5 Å². The monoisotopic (exact) mass is 471 g/mol. The Hall–Kier alpha value is -3.48. The number of anilines is 1. The van der Waals surface area contributed by atoms with E-state index in [4.69, 9.17) is 9.47 Å². The molecule has 1 fully saturated rings. The predicted molar refractivity (Wildman–Crippen MR) is 142 cm³/mol. The summed E-state index contributed by atoms with van der Waals surface area (Å²) in [5.74, 6) is 1.67. The first kappa shape index (κ1) is 23.3. The Labute approximate surface area is 206 Å². The molecule has 2 N–H and O–H groups in total. The standard InChI is InChI=1S/C29H33N3O3/c1-21-25-7-3-4-8-26(25)30-29(21)22-11-13-24(14-12-22)35-20-23(33)19-31-15-17-32(18-16-31)27-9-5-6-10-28(27)34-2/h3-14,23,30,33H,15-20H2,1-2H3.